The van der Waals surface area contributed by atoms with Crippen LogP contribution in [0, 0.1) is 0 Å². The molecule has 3 aromatic rings. The average Bonchev–Trinajstić information content (AvgIpc) is 2.94. The standard InChI is InChI=1S/C37H52O/c1-6-7-8-9-10-11-12-13-14-17-22-29(2)34-27-33(37(4,5)32-25-20-16-21-26-32)28-35(36(34)38)30(3)31-23-18-15-19-24-31/h15-16,18-21,23-30,38H,6-14,17,22H2,1-5H3. The summed E-state index contributed by atoms with van der Waals surface area (Å²) in [6.45, 7) is 11.4. The third-order valence-electron chi connectivity index (χ3n) is 8.67. The molecule has 0 heterocycles. The molecule has 0 saturated heterocycles. The van der Waals surface area contributed by atoms with Crippen molar-refractivity contribution in [3.8, 4) is 5.75 Å². The molecule has 3 aromatic carbocycles. The second-order valence-corrected chi connectivity index (χ2v) is 12.0. The van der Waals surface area contributed by atoms with Gasteiger partial charge in [0.25, 0.3) is 0 Å². The summed E-state index contributed by atoms with van der Waals surface area (Å²) in [6.07, 6.45) is 14.7. The predicted molar refractivity (Wildman–Crippen MR) is 166 cm³/mol. The van der Waals surface area contributed by atoms with Crippen molar-refractivity contribution in [3.05, 3.63) is 101 Å². The fourth-order valence-corrected chi connectivity index (χ4v) is 5.78. The molecule has 1 heteroatoms. The van der Waals surface area contributed by atoms with E-state index in [2.05, 4.69) is 107 Å². The number of hydrogen-bond donors (Lipinski definition) is 1. The summed E-state index contributed by atoms with van der Waals surface area (Å²) in [5.74, 6) is 0.955. The lowest BCUT2D eigenvalue weighted by atomic mass is 9.74. The van der Waals surface area contributed by atoms with Gasteiger partial charge >= 0.3 is 0 Å². The Morgan fingerprint density at radius 2 is 1.13 bits per heavy atom. The molecule has 0 aromatic heterocycles. The minimum absolute atomic E-state index is 0.131. The maximum Gasteiger partial charge on any atom is 0.122 e. The molecular formula is C37H52O. The van der Waals surface area contributed by atoms with Gasteiger partial charge in [-0.3, -0.25) is 0 Å². The first kappa shape index (κ1) is 30.0. The number of rotatable bonds is 16. The summed E-state index contributed by atoms with van der Waals surface area (Å²) in [5, 5.41) is 11.6. The van der Waals surface area contributed by atoms with Gasteiger partial charge in [-0.15, -0.1) is 0 Å². The highest BCUT2D eigenvalue weighted by Gasteiger charge is 2.28. The van der Waals surface area contributed by atoms with Gasteiger partial charge < -0.3 is 5.11 Å². The first-order chi connectivity index (χ1) is 18.4. The van der Waals surface area contributed by atoms with E-state index < -0.39 is 0 Å². The van der Waals surface area contributed by atoms with Gasteiger partial charge in [-0.1, -0.05) is 172 Å². The molecule has 206 valence electrons. The number of phenolic OH excluding ortho intramolecular Hbond substituents is 1. The molecule has 0 saturated carbocycles. The fraction of sp³-hybridized carbons (Fsp3) is 0.514. The quantitative estimate of drug-likeness (QED) is 0.189. The summed E-state index contributed by atoms with van der Waals surface area (Å²) < 4.78 is 0. The normalized spacial score (nSPS) is 13.4. The SMILES string of the molecule is CCCCCCCCCCCCC(C)c1cc(C(C)(C)c2ccccc2)cc(C(C)c2ccccc2)c1O. The summed E-state index contributed by atoms with van der Waals surface area (Å²) >= 11 is 0. The van der Waals surface area contributed by atoms with E-state index >= 15 is 0 Å². The van der Waals surface area contributed by atoms with Gasteiger partial charge in [0.1, 0.15) is 5.75 Å². The topological polar surface area (TPSA) is 20.2 Å². The zero-order valence-electron chi connectivity index (χ0n) is 24.8. The van der Waals surface area contributed by atoms with Crippen LogP contribution in [0.2, 0.25) is 0 Å². The third kappa shape index (κ3) is 8.23. The Kier molecular flexibility index (Phi) is 12.0. The molecule has 0 spiro atoms. The van der Waals surface area contributed by atoms with Crippen LogP contribution < -0.4 is 0 Å². The first-order valence-corrected chi connectivity index (χ1v) is 15.3. The molecule has 0 aliphatic carbocycles. The van der Waals surface area contributed by atoms with Crippen molar-refractivity contribution in [1.29, 1.82) is 0 Å². The van der Waals surface area contributed by atoms with Crippen molar-refractivity contribution in [1.82, 2.24) is 0 Å². The molecule has 0 bridgehead atoms. The minimum atomic E-state index is -0.147. The first-order valence-electron chi connectivity index (χ1n) is 15.3. The predicted octanol–water partition coefficient (Wildman–Crippen LogP) is 11.3. The van der Waals surface area contributed by atoms with Crippen molar-refractivity contribution in [2.45, 2.75) is 122 Å². The molecular weight excluding hydrogens is 460 g/mol. The van der Waals surface area contributed by atoms with Crippen molar-refractivity contribution in [2.75, 3.05) is 0 Å². The Morgan fingerprint density at radius 3 is 1.71 bits per heavy atom. The van der Waals surface area contributed by atoms with Crippen molar-refractivity contribution in [2.24, 2.45) is 0 Å². The van der Waals surface area contributed by atoms with E-state index in [4.69, 9.17) is 0 Å². The van der Waals surface area contributed by atoms with Crippen LogP contribution in [0.3, 0.4) is 0 Å². The molecule has 2 unspecified atom stereocenters. The highest BCUT2D eigenvalue weighted by atomic mass is 16.3. The van der Waals surface area contributed by atoms with Gasteiger partial charge in [0.2, 0.25) is 0 Å². The molecule has 0 amide bonds. The van der Waals surface area contributed by atoms with Crippen LogP contribution in [0.1, 0.15) is 145 Å². The van der Waals surface area contributed by atoms with Crippen LogP contribution in [-0.2, 0) is 5.41 Å². The number of unbranched alkanes of at least 4 members (excludes halogenated alkanes) is 9. The second kappa shape index (κ2) is 15.2. The van der Waals surface area contributed by atoms with Crippen molar-refractivity contribution < 1.29 is 5.11 Å². The van der Waals surface area contributed by atoms with Crippen molar-refractivity contribution in [3.63, 3.8) is 0 Å². The summed E-state index contributed by atoms with van der Waals surface area (Å²) in [6, 6.07) is 25.9. The van der Waals surface area contributed by atoms with E-state index in [1.807, 2.05) is 0 Å². The van der Waals surface area contributed by atoms with Gasteiger partial charge in [-0.05, 0) is 34.6 Å². The lowest BCUT2D eigenvalue weighted by molar-refractivity contribution is 0.447. The summed E-state index contributed by atoms with van der Waals surface area (Å²) in [4.78, 5) is 0. The molecule has 0 fully saturated rings. The van der Waals surface area contributed by atoms with E-state index in [0.29, 0.717) is 11.7 Å². The largest absolute Gasteiger partial charge is 0.507 e. The molecule has 38 heavy (non-hydrogen) atoms. The summed E-state index contributed by atoms with van der Waals surface area (Å²) in [5.41, 5.74) is 5.83. The van der Waals surface area contributed by atoms with Crippen LogP contribution in [0.15, 0.2) is 72.8 Å². The number of benzene rings is 3. The van der Waals surface area contributed by atoms with E-state index in [1.54, 1.807) is 0 Å². The third-order valence-corrected chi connectivity index (χ3v) is 8.67. The Labute approximate surface area is 233 Å². The lowest BCUT2D eigenvalue weighted by Gasteiger charge is -2.30. The van der Waals surface area contributed by atoms with E-state index in [-0.39, 0.29) is 11.3 Å². The Bertz CT molecular complexity index is 1070. The van der Waals surface area contributed by atoms with Crippen LogP contribution >= 0.6 is 0 Å². The van der Waals surface area contributed by atoms with Gasteiger partial charge in [0.05, 0.1) is 0 Å². The Morgan fingerprint density at radius 1 is 0.632 bits per heavy atom. The lowest BCUT2D eigenvalue weighted by Crippen LogP contribution is -2.20. The second-order valence-electron chi connectivity index (χ2n) is 12.0. The monoisotopic (exact) mass is 512 g/mol. The zero-order chi connectivity index (χ0) is 27.4. The maximum atomic E-state index is 11.6. The zero-order valence-corrected chi connectivity index (χ0v) is 24.8. The highest BCUT2D eigenvalue weighted by Crippen LogP contribution is 2.43. The molecule has 0 aliphatic rings. The van der Waals surface area contributed by atoms with E-state index in [1.165, 1.54) is 80.9 Å². The van der Waals surface area contributed by atoms with Crippen LogP contribution in [-0.4, -0.2) is 5.11 Å². The molecule has 2 atom stereocenters. The molecule has 0 aliphatic heterocycles. The van der Waals surface area contributed by atoms with Crippen LogP contribution in [0.5, 0.6) is 5.75 Å². The van der Waals surface area contributed by atoms with Crippen LogP contribution in [0.4, 0.5) is 0 Å². The fourth-order valence-electron chi connectivity index (χ4n) is 5.78. The van der Waals surface area contributed by atoms with E-state index in [0.717, 1.165) is 17.5 Å². The Balaban J connectivity index is 1.75. The van der Waals surface area contributed by atoms with Gasteiger partial charge in [0, 0.05) is 16.9 Å². The number of hydrogen-bond acceptors (Lipinski definition) is 1. The summed E-state index contributed by atoms with van der Waals surface area (Å²) in [7, 11) is 0. The molecule has 1 N–H and O–H groups in total. The molecule has 0 radical (unpaired) electrons. The molecule has 3 rings (SSSR count). The minimum Gasteiger partial charge on any atom is -0.507 e. The number of phenols is 1. The van der Waals surface area contributed by atoms with Gasteiger partial charge in [-0.2, -0.15) is 0 Å². The van der Waals surface area contributed by atoms with E-state index in [9.17, 15) is 5.11 Å². The highest BCUT2D eigenvalue weighted by molar-refractivity contribution is 5.53. The Hall–Kier alpha value is -2.54. The smallest absolute Gasteiger partial charge is 0.122 e. The average molecular weight is 513 g/mol. The van der Waals surface area contributed by atoms with Gasteiger partial charge in [0.15, 0.2) is 0 Å². The molecule has 1 nitrogen and oxygen atoms in total. The van der Waals surface area contributed by atoms with Gasteiger partial charge in [-0.25, -0.2) is 0 Å². The van der Waals surface area contributed by atoms with Crippen LogP contribution in [0.25, 0.3) is 0 Å². The van der Waals surface area contributed by atoms with Crippen molar-refractivity contribution >= 4 is 0 Å². The number of aromatic hydroxyl groups is 1. The maximum absolute atomic E-state index is 11.6.